The molecule has 4 nitrogen and oxygen atoms in total. The third kappa shape index (κ3) is 4.08. The molecule has 4 heteroatoms. The first-order valence-electron chi connectivity index (χ1n) is 12.6. The minimum absolute atomic E-state index is 0.710. The first-order chi connectivity index (χ1) is 18.8. The van der Waals surface area contributed by atoms with Crippen molar-refractivity contribution in [2.24, 2.45) is 0 Å². The highest BCUT2D eigenvalue weighted by Crippen LogP contribution is 2.30. The van der Waals surface area contributed by atoms with E-state index in [-0.39, 0.29) is 0 Å². The van der Waals surface area contributed by atoms with Crippen LogP contribution in [-0.2, 0) is 0 Å². The van der Waals surface area contributed by atoms with E-state index < -0.39 is 0 Å². The first kappa shape index (κ1) is 22.0. The summed E-state index contributed by atoms with van der Waals surface area (Å²) in [5.41, 5.74) is 8.66. The fraction of sp³-hybridized carbons (Fsp3) is 0. The number of rotatable bonds is 4. The number of benzene rings is 4. The number of nitrogens with zero attached hydrogens (tertiary/aromatic N) is 4. The second-order valence-electron chi connectivity index (χ2n) is 9.18. The second-order valence-corrected chi connectivity index (χ2v) is 9.18. The Bertz CT molecular complexity index is 1840. The Kier molecular flexibility index (Phi) is 5.41. The van der Waals surface area contributed by atoms with Crippen LogP contribution in [0.15, 0.2) is 134 Å². The van der Waals surface area contributed by atoms with Gasteiger partial charge in [0, 0.05) is 39.2 Å². The lowest BCUT2D eigenvalue weighted by molar-refractivity contribution is 1.18. The molecule has 178 valence electrons. The van der Waals surface area contributed by atoms with E-state index in [0.717, 1.165) is 61.1 Å². The van der Waals surface area contributed by atoms with Crippen LogP contribution in [0.25, 0.3) is 67.0 Å². The van der Waals surface area contributed by atoms with Crippen LogP contribution in [0, 0.1) is 0 Å². The summed E-state index contributed by atoms with van der Waals surface area (Å²) in [5, 5.41) is 2.17. The van der Waals surface area contributed by atoms with E-state index in [0.29, 0.717) is 5.82 Å². The van der Waals surface area contributed by atoms with Gasteiger partial charge in [0.25, 0.3) is 0 Å². The molecule has 7 rings (SSSR count). The summed E-state index contributed by atoms with van der Waals surface area (Å²) >= 11 is 0. The van der Waals surface area contributed by atoms with Gasteiger partial charge in [-0.1, -0.05) is 109 Å². The Morgan fingerprint density at radius 1 is 0.368 bits per heavy atom. The van der Waals surface area contributed by atoms with E-state index in [1.807, 2.05) is 60.8 Å². The van der Waals surface area contributed by atoms with E-state index in [9.17, 15) is 0 Å². The molecule has 0 unspecified atom stereocenters. The number of aromatic nitrogens is 4. The van der Waals surface area contributed by atoms with Gasteiger partial charge in [-0.15, -0.1) is 0 Å². The monoisotopic (exact) mass is 486 g/mol. The van der Waals surface area contributed by atoms with Crippen LogP contribution in [0.3, 0.4) is 0 Å². The molecule has 0 saturated carbocycles. The largest absolute Gasteiger partial charge is 0.254 e. The zero-order chi connectivity index (χ0) is 25.3. The molecular formula is C34H22N4. The predicted molar refractivity (Wildman–Crippen MR) is 154 cm³/mol. The van der Waals surface area contributed by atoms with Crippen molar-refractivity contribution in [2.45, 2.75) is 0 Å². The van der Waals surface area contributed by atoms with Gasteiger partial charge in [-0.3, -0.25) is 4.98 Å². The van der Waals surface area contributed by atoms with E-state index in [1.165, 1.54) is 0 Å². The zero-order valence-electron chi connectivity index (χ0n) is 20.5. The molecule has 3 aromatic heterocycles. The number of fused-ring (bicyclic) bond motifs is 3. The number of hydrogen-bond donors (Lipinski definition) is 0. The molecule has 0 spiro atoms. The lowest BCUT2D eigenvalue weighted by atomic mass is 10.0. The topological polar surface area (TPSA) is 51.6 Å². The molecule has 0 aliphatic carbocycles. The smallest absolute Gasteiger partial charge is 0.160 e. The van der Waals surface area contributed by atoms with Crippen molar-refractivity contribution in [2.75, 3.05) is 0 Å². The van der Waals surface area contributed by atoms with Gasteiger partial charge >= 0.3 is 0 Å². The van der Waals surface area contributed by atoms with Gasteiger partial charge in [0.2, 0.25) is 0 Å². The van der Waals surface area contributed by atoms with Crippen molar-refractivity contribution in [3.05, 3.63) is 134 Å². The van der Waals surface area contributed by atoms with Gasteiger partial charge in [0.15, 0.2) is 5.82 Å². The summed E-state index contributed by atoms with van der Waals surface area (Å²) in [6.07, 6.45) is 1.82. The van der Waals surface area contributed by atoms with Crippen LogP contribution in [-0.4, -0.2) is 19.9 Å². The van der Waals surface area contributed by atoms with E-state index in [2.05, 4.69) is 77.8 Å². The lowest BCUT2D eigenvalue weighted by Crippen LogP contribution is -1.96. The first-order valence-corrected chi connectivity index (χ1v) is 12.6. The van der Waals surface area contributed by atoms with Crippen LogP contribution in [0.1, 0.15) is 0 Å². The van der Waals surface area contributed by atoms with Crippen LogP contribution in [0.2, 0.25) is 0 Å². The summed E-state index contributed by atoms with van der Waals surface area (Å²) in [4.78, 5) is 19.4. The Labute approximate surface area is 220 Å². The summed E-state index contributed by atoms with van der Waals surface area (Å²) < 4.78 is 0. The molecular weight excluding hydrogens is 464 g/mol. The molecule has 7 aromatic rings. The summed E-state index contributed by atoms with van der Waals surface area (Å²) in [6.45, 7) is 0. The second kappa shape index (κ2) is 9.34. The van der Waals surface area contributed by atoms with Gasteiger partial charge in [0.05, 0.1) is 28.1 Å². The summed E-state index contributed by atoms with van der Waals surface area (Å²) in [5.74, 6) is 0.710. The molecule has 0 radical (unpaired) electrons. The SMILES string of the molecule is c1ccc(-c2cc(-c3ccc(-c4ccc5ccc6cccnc6c5n4)cc3)nc(-c3ccccc3)n2)cc1. The molecule has 0 aliphatic heterocycles. The van der Waals surface area contributed by atoms with Gasteiger partial charge in [-0.05, 0) is 18.2 Å². The Morgan fingerprint density at radius 2 is 0.921 bits per heavy atom. The third-order valence-electron chi connectivity index (χ3n) is 6.74. The minimum Gasteiger partial charge on any atom is -0.254 e. The molecule has 3 heterocycles. The van der Waals surface area contributed by atoms with Crippen molar-refractivity contribution in [3.63, 3.8) is 0 Å². The van der Waals surface area contributed by atoms with Crippen molar-refractivity contribution in [1.82, 2.24) is 19.9 Å². The molecule has 0 amide bonds. The molecule has 0 bridgehead atoms. The molecule has 0 atom stereocenters. The van der Waals surface area contributed by atoms with E-state index >= 15 is 0 Å². The third-order valence-corrected chi connectivity index (χ3v) is 6.74. The van der Waals surface area contributed by atoms with Crippen molar-refractivity contribution >= 4 is 21.8 Å². The highest BCUT2D eigenvalue weighted by Gasteiger charge is 2.11. The van der Waals surface area contributed by atoms with Crippen LogP contribution < -0.4 is 0 Å². The number of pyridine rings is 2. The maximum absolute atomic E-state index is 5.00. The highest BCUT2D eigenvalue weighted by molar-refractivity contribution is 6.03. The summed E-state index contributed by atoms with van der Waals surface area (Å²) in [7, 11) is 0. The van der Waals surface area contributed by atoms with Crippen LogP contribution in [0.4, 0.5) is 0 Å². The fourth-order valence-electron chi connectivity index (χ4n) is 4.76. The Balaban J connectivity index is 1.30. The molecule has 0 saturated heterocycles. The van der Waals surface area contributed by atoms with Gasteiger partial charge in [-0.2, -0.15) is 0 Å². The Morgan fingerprint density at radius 3 is 1.61 bits per heavy atom. The molecule has 0 N–H and O–H groups in total. The standard InChI is InChI=1S/C34H22N4/c1-3-8-23(9-4-1)30-22-31(38-34(37-30)28-10-5-2-6-11-28)25-15-13-24(14-16-25)29-20-19-27-18-17-26-12-7-21-35-32(26)33(27)36-29/h1-22H. The highest BCUT2D eigenvalue weighted by atomic mass is 14.9. The molecule has 38 heavy (non-hydrogen) atoms. The lowest BCUT2D eigenvalue weighted by Gasteiger charge is -2.10. The fourth-order valence-corrected chi connectivity index (χ4v) is 4.76. The van der Waals surface area contributed by atoms with Gasteiger partial charge in [-0.25, -0.2) is 15.0 Å². The molecule has 4 aromatic carbocycles. The maximum Gasteiger partial charge on any atom is 0.160 e. The van der Waals surface area contributed by atoms with Crippen molar-refractivity contribution in [1.29, 1.82) is 0 Å². The number of hydrogen-bond acceptors (Lipinski definition) is 4. The van der Waals surface area contributed by atoms with E-state index in [1.54, 1.807) is 0 Å². The molecule has 0 fully saturated rings. The maximum atomic E-state index is 5.00. The van der Waals surface area contributed by atoms with Gasteiger partial charge in [0.1, 0.15) is 0 Å². The van der Waals surface area contributed by atoms with Crippen molar-refractivity contribution < 1.29 is 0 Å². The predicted octanol–water partition coefficient (Wildman–Crippen LogP) is 8.24. The van der Waals surface area contributed by atoms with Crippen molar-refractivity contribution in [3.8, 4) is 45.2 Å². The zero-order valence-corrected chi connectivity index (χ0v) is 20.5. The quantitative estimate of drug-likeness (QED) is 0.235. The average Bonchev–Trinajstić information content (AvgIpc) is 3.01. The average molecular weight is 487 g/mol. The molecule has 0 aliphatic rings. The van der Waals surface area contributed by atoms with Gasteiger partial charge < -0.3 is 0 Å². The van der Waals surface area contributed by atoms with Crippen LogP contribution in [0.5, 0.6) is 0 Å². The summed E-state index contributed by atoms with van der Waals surface area (Å²) in [6, 6.07) is 43.2. The Hall–Kier alpha value is -5.22. The van der Waals surface area contributed by atoms with Crippen LogP contribution >= 0.6 is 0 Å². The normalized spacial score (nSPS) is 11.2. The van der Waals surface area contributed by atoms with E-state index in [4.69, 9.17) is 15.0 Å². The minimum atomic E-state index is 0.710.